The molecule has 0 unspecified atom stereocenters. The zero-order chi connectivity index (χ0) is 12.7. The van der Waals surface area contributed by atoms with E-state index in [0.717, 1.165) is 5.69 Å². The van der Waals surface area contributed by atoms with Gasteiger partial charge in [0.05, 0.1) is 22.3 Å². The maximum Gasteiger partial charge on any atom is 0.335 e. The van der Waals surface area contributed by atoms with E-state index in [0.29, 0.717) is 11.0 Å². The molecule has 0 spiro atoms. The molecule has 0 amide bonds. The molecule has 3 aromatic rings. The minimum absolute atomic E-state index is 0.154. The molecule has 5 nitrogen and oxygen atoms in total. The van der Waals surface area contributed by atoms with Crippen molar-refractivity contribution in [2.24, 2.45) is 0 Å². The predicted molar refractivity (Wildman–Crippen MR) is 68.7 cm³/mol. The number of fused-ring (bicyclic) bond motifs is 1. The van der Waals surface area contributed by atoms with E-state index in [-0.39, 0.29) is 11.3 Å². The van der Waals surface area contributed by atoms with E-state index in [1.54, 1.807) is 6.07 Å². The number of benzene rings is 1. The lowest BCUT2D eigenvalue weighted by molar-refractivity contribution is 0.0697. The highest BCUT2D eigenvalue weighted by Gasteiger charge is 2.11. The van der Waals surface area contributed by atoms with Gasteiger partial charge in [0.2, 0.25) is 0 Å². The van der Waals surface area contributed by atoms with Crippen molar-refractivity contribution < 1.29 is 9.90 Å². The van der Waals surface area contributed by atoms with Crippen LogP contribution in [0, 0.1) is 0 Å². The number of aromatic nitrogens is 2. The largest absolute Gasteiger partial charge is 0.478 e. The van der Waals surface area contributed by atoms with Crippen LogP contribution in [-0.4, -0.2) is 20.6 Å². The van der Waals surface area contributed by atoms with Crippen molar-refractivity contribution in [3.05, 3.63) is 51.1 Å². The molecule has 0 fully saturated rings. The van der Waals surface area contributed by atoms with Gasteiger partial charge >= 0.3 is 11.7 Å². The molecule has 6 heteroatoms. The Hall–Kier alpha value is -2.34. The maximum atomic E-state index is 11.9. The molecule has 0 radical (unpaired) electrons. The second-order valence-electron chi connectivity index (χ2n) is 3.78. The topological polar surface area (TPSA) is 75.1 Å². The summed E-state index contributed by atoms with van der Waals surface area (Å²) >= 11 is 1.50. The smallest absolute Gasteiger partial charge is 0.335 e. The Labute approximate surface area is 105 Å². The highest BCUT2D eigenvalue weighted by atomic mass is 32.1. The zero-order valence-electron chi connectivity index (χ0n) is 9.08. The Morgan fingerprint density at radius 3 is 2.83 bits per heavy atom. The number of thiophene rings is 1. The fourth-order valence-corrected chi connectivity index (χ4v) is 2.51. The van der Waals surface area contributed by atoms with Gasteiger partial charge in [0.25, 0.3) is 0 Å². The van der Waals surface area contributed by atoms with Crippen LogP contribution in [0.2, 0.25) is 0 Å². The normalized spacial score (nSPS) is 10.9. The minimum atomic E-state index is -1.01. The Bertz CT molecular complexity index is 783. The first-order valence-corrected chi connectivity index (χ1v) is 6.12. The van der Waals surface area contributed by atoms with Gasteiger partial charge < -0.3 is 10.1 Å². The number of rotatable bonds is 2. The molecule has 18 heavy (non-hydrogen) atoms. The zero-order valence-corrected chi connectivity index (χ0v) is 9.90. The fourth-order valence-electron chi connectivity index (χ4n) is 1.89. The number of carbonyl (C=O) groups is 1. The van der Waals surface area contributed by atoms with Gasteiger partial charge in [0.15, 0.2) is 0 Å². The average molecular weight is 260 g/mol. The lowest BCUT2D eigenvalue weighted by Gasteiger charge is -1.99. The molecular weight excluding hydrogens is 252 g/mol. The van der Waals surface area contributed by atoms with Gasteiger partial charge in [-0.1, -0.05) is 0 Å². The van der Waals surface area contributed by atoms with Crippen molar-refractivity contribution >= 4 is 28.3 Å². The van der Waals surface area contributed by atoms with Crippen LogP contribution in [-0.2, 0) is 0 Å². The second kappa shape index (κ2) is 3.85. The first-order chi connectivity index (χ1) is 8.66. The lowest BCUT2D eigenvalue weighted by atomic mass is 10.2. The molecule has 3 rings (SSSR count). The Morgan fingerprint density at radius 2 is 2.17 bits per heavy atom. The third-order valence-corrected chi connectivity index (χ3v) is 3.36. The van der Waals surface area contributed by atoms with Crippen LogP contribution in [0.1, 0.15) is 10.4 Å². The van der Waals surface area contributed by atoms with Gasteiger partial charge in [-0.15, -0.1) is 0 Å². The van der Waals surface area contributed by atoms with E-state index >= 15 is 0 Å². The number of aromatic carboxylic acids is 1. The number of H-pyrrole nitrogens is 1. The van der Waals surface area contributed by atoms with E-state index in [1.807, 2.05) is 16.8 Å². The Kier molecular flexibility index (Phi) is 2.31. The number of hydrogen-bond acceptors (Lipinski definition) is 3. The van der Waals surface area contributed by atoms with E-state index in [1.165, 1.54) is 28.0 Å². The van der Waals surface area contributed by atoms with E-state index in [9.17, 15) is 9.59 Å². The Balaban J connectivity index is 2.32. The van der Waals surface area contributed by atoms with Crippen molar-refractivity contribution in [2.45, 2.75) is 0 Å². The van der Waals surface area contributed by atoms with Crippen LogP contribution in [0.5, 0.6) is 0 Å². The number of nitrogens with one attached hydrogen (secondary N) is 1. The number of carboxylic acids is 1. The van der Waals surface area contributed by atoms with Gasteiger partial charge in [-0.2, -0.15) is 11.3 Å². The van der Waals surface area contributed by atoms with Crippen molar-refractivity contribution in [3.63, 3.8) is 0 Å². The second-order valence-corrected chi connectivity index (χ2v) is 4.56. The van der Waals surface area contributed by atoms with Crippen molar-refractivity contribution in [2.75, 3.05) is 0 Å². The van der Waals surface area contributed by atoms with E-state index < -0.39 is 5.97 Å². The molecule has 1 aromatic carbocycles. The van der Waals surface area contributed by atoms with Crippen LogP contribution in [0.15, 0.2) is 39.8 Å². The summed E-state index contributed by atoms with van der Waals surface area (Å²) in [7, 11) is 0. The number of aromatic amines is 1. The summed E-state index contributed by atoms with van der Waals surface area (Å²) < 4.78 is 1.53. The molecule has 0 aliphatic rings. The summed E-state index contributed by atoms with van der Waals surface area (Å²) in [6.07, 6.45) is 0. The predicted octanol–water partition coefficient (Wildman–Crippen LogP) is 2.08. The number of hydrogen-bond donors (Lipinski definition) is 2. The molecule has 0 saturated heterocycles. The lowest BCUT2D eigenvalue weighted by Crippen LogP contribution is -2.13. The monoisotopic (exact) mass is 260 g/mol. The fraction of sp³-hybridized carbons (Fsp3) is 0. The molecule has 0 aliphatic carbocycles. The van der Waals surface area contributed by atoms with Gasteiger partial charge in [-0.05, 0) is 29.6 Å². The summed E-state index contributed by atoms with van der Waals surface area (Å²) in [5, 5.41) is 12.6. The maximum absolute atomic E-state index is 11.9. The molecule has 90 valence electrons. The van der Waals surface area contributed by atoms with E-state index in [4.69, 9.17) is 5.11 Å². The summed E-state index contributed by atoms with van der Waals surface area (Å²) in [5.41, 5.74) is 1.85. The Morgan fingerprint density at radius 1 is 1.33 bits per heavy atom. The highest BCUT2D eigenvalue weighted by Crippen LogP contribution is 2.18. The summed E-state index contributed by atoms with van der Waals surface area (Å²) in [5.74, 6) is -1.01. The molecule has 0 saturated carbocycles. The third kappa shape index (κ3) is 1.54. The van der Waals surface area contributed by atoms with Crippen molar-refractivity contribution in [3.8, 4) is 5.69 Å². The molecule has 2 N–H and O–H groups in total. The average Bonchev–Trinajstić information content (AvgIpc) is 2.93. The minimum Gasteiger partial charge on any atom is -0.478 e. The van der Waals surface area contributed by atoms with Gasteiger partial charge in [-0.3, -0.25) is 4.57 Å². The standard InChI is InChI=1S/C12H8N2O3S/c15-11(16)7-1-2-10-9(5-7)13-12(17)14(10)8-3-4-18-6-8/h1-6H,(H,13,17)(H,15,16). The summed E-state index contributed by atoms with van der Waals surface area (Å²) in [6.45, 7) is 0. The van der Waals surface area contributed by atoms with Crippen molar-refractivity contribution in [1.29, 1.82) is 0 Å². The number of imidazole rings is 1. The van der Waals surface area contributed by atoms with Crippen LogP contribution in [0.4, 0.5) is 0 Å². The number of nitrogens with zero attached hydrogens (tertiary/aromatic N) is 1. The SMILES string of the molecule is O=C(O)c1ccc2c(c1)[nH]c(=O)n2-c1ccsc1. The molecule has 2 aromatic heterocycles. The first kappa shape index (κ1) is 10.8. The van der Waals surface area contributed by atoms with Crippen LogP contribution >= 0.6 is 11.3 Å². The summed E-state index contributed by atoms with van der Waals surface area (Å²) in [4.78, 5) is 25.4. The molecule has 0 atom stereocenters. The van der Waals surface area contributed by atoms with Crippen molar-refractivity contribution in [1.82, 2.24) is 9.55 Å². The van der Waals surface area contributed by atoms with Gasteiger partial charge in [0, 0.05) is 5.38 Å². The van der Waals surface area contributed by atoms with Crippen LogP contribution in [0.3, 0.4) is 0 Å². The highest BCUT2D eigenvalue weighted by molar-refractivity contribution is 7.08. The molecular formula is C12H8N2O3S. The quantitative estimate of drug-likeness (QED) is 0.740. The molecule has 2 heterocycles. The van der Waals surface area contributed by atoms with Gasteiger partial charge in [-0.25, -0.2) is 9.59 Å². The van der Waals surface area contributed by atoms with Gasteiger partial charge in [0.1, 0.15) is 0 Å². The first-order valence-electron chi connectivity index (χ1n) is 5.17. The summed E-state index contributed by atoms with van der Waals surface area (Å²) in [6, 6.07) is 6.42. The van der Waals surface area contributed by atoms with E-state index in [2.05, 4.69) is 4.98 Å². The van der Waals surface area contributed by atoms with Crippen LogP contribution < -0.4 is 5.69 Å². The molecule has 0 aliphatic heterocycles. The molecule has 0 bridgehead atoms. The third-order valence-electron chi connectivity index (χ3n) is 2.69. The van der Waals surface area contributed by atoms with Crippen LogP contribution in [0.25, 0.3) is 16.7 Å². The number of carboxylic acid groups (broad SMARTS) is 1.